The van der Waals surface area contributed by atoms with Gasteiger partial charge in [-0.1, -0.05) is 99.4 Å². The first-order chi connectivity index (χ1) is 27.4. The van der Waals surface area contributed by atoms with Crippen LogP contribution in [-0.4, -0.2) is 38.6 Å². The lowest BCUT2D eigenvalue weighted by Crippen LogP contribution is -2.41. The van der Waals surface area contributed by atoms with Crippen molar-refractivity contribution in [2.75, 3.05) is 0 Å². The van der Waals surface area contributed by atoms with Crippen LogP contribution in [0.2, 0.25) is 30.1 Å². The van der Waals surface area contributed by atoms with Gasteiger partial charge < -0.3 is 9.97 Å². The normalized spacial score (nSPS) is 12.1. The van der Waals surface area contributed by atoms with E-state index in [-0.39, 0.29) is 51.1 Å². The van der Waals surface area contributed by atoms with Gasteiger partial charge in [-0.05, 0) is 84.3 Å². The Kier molecular flexibility index (Phi) is 11.8. The minimum atomic E-state index is -4.36. The molecular weight excluding hydrogens is 913 g/mol. The number of aromatic amines is 2. The molecule has 58 heavy (non-hydrogen) atoms. The first-order valence-electron chi connectivity index (χ1n) is 16.7. The van der Waals surface area contributed by atoms with Crippen LogP contribution in [0.5, 0.6) is 0 Å². The number of benzene rings is 5. The molecule has 0 aliphatic carbocycles. The Bertz CT molecular complexity index is 2850. The van der Waals surface area contributed by atoms with Gasteiger partial charge in [-0.2, -0.15) is 0 Å². The lowest BCUT2D eigenvalue weighted by molar-refractivity contribution is 0.0937. The Hall–Kier alpha value is -4.32. The molecule has 0 aliphatic rings. The van der Waals surface area contributed by atoms with Crippen LogP contribution in [0.3, 0.4) is 0 Å². The number of rotatable bonds is 11. The first kappa shape index (κ1) is 41.8. The predicted molar refractivity (Wildman–Crippen MR) is 227 cm³/mol. The molecule has 0 atom stereocenters. The minimum Gasteiger partial charge on any atom is -0.361 e. The SMILES string of the molecule is Cc1ccc(C(c2c[nH]c3ccc(C(=O)NNS(=O)(=O)c4cc(Cl)c(Cl)cc4Cl)cc23)c2c[nH]c3ccc(C(=O)NNS(=O)(=O)c4cc(Cl)c(Cl)cc4Cl)cc23)cc1. The number of fused-ring (bicyclic) bond motifs is 2. The van der Waals surface area contributed by atoms with Gasteiger partial charge in [-0.25, -0.2) is 16.8 Å². The number of aryl methyl sites for hydroxylation is 1. The van der Waals surface area contributed by atoms with Gasteiger partial charge >= 0.3 is 0 Å². The lowest BCUT2D eigenvalue weighted by Gasteiger charge is -2.18. The van der Waals surface area contributed by atoms with Crippen LogP contribution in [0.15, 0.2) is 107 Å². The first-order valence-corrected chi connectivity index (χ1v) is 21.9. The molecule has 2 amide bonds. The van der Waals surface area contributed by atoms with E-state index in [4.69, 9.17) is 69.6 Å². The topological polar surface area (TPSA) is 182 Å². The van der Waals surface area contributed by atoms with Gasteiger partial charge in [0.2, 0.25) is 0 Å². The zero-order chi connectivity index (χ0) is 41.7. The van der Waals surface area contributed by atoms with E-state index >= 15 is 0 Å². The summed E-state index contributed by atoms with van der Waals surface area (Å²) in [6.07, 6.45) is 3.62. The summed E-state index contributed by atoms with van der Waals surface area (Å²) in [6.45, 7) is 1.96. The average Bonchev–Trinajstić information content (AvgIpc) is 3.80. The Morgan fingerprint density at radius 2 is 0.931 bits per heavy atom. The highest BCUT2D eigenvalue weighted by atomic mass is 35.5. The highest BCUT2D eigenvalue weighted by molar-refractivity contribution is 7.89. The van der Waals surface area contributed by atoms with E-state index in [1.165, 1.54) is 24.3 Å². The molecule has 5 aromatic carbocycles. The molecule has 0 fully saturated rings. The molecule has 20 heteroatoms. The molecule has 0 bridgehead atoms. The third kappa shape index (κ3) is 8.40. The van der Waals surface area contributed by atoms with Crippen molar-refractivity contribution >= 4 is 123 Å². The molecule has 0 aliphatic heterocycles. The summed E-state index contributed by atoms with van der Waals surface area (Å²) >= 11 is 36.1. The smallest absolute Gasteiger partial charge is 0.266 e. The number of sulfonamides is 2. The second-order valence-electron chi connectivity index (χ2n) is 12.9. The summed E-state index contributed by atoms with van der Waals surface area (Å²) in [4.78, 5) is 36.6. The summed E-state index contributed by atoms with van der Waals surface area (Å²) in [5.74, 6) is -2.01. The van der Waals surface area contributed by atoms with Crippen molar-refractivity contribution in [1.29, 1.82) is 0 Å². The van der Waals surface area contributed by atoms with E-state index < -0.39 is 37.8 Å². The molecule has 7 rings (SSSR count). The monoisotopic (exact) mass is 936 g/mol. The highest BCUT2D eigenvalue weighted by Gasteiger charge is 2.26. The van der Waals surface area contributed by atoms with Gasteiger partial charge in [0, 0.05) is 51.2 Å². The molecule has 6 N–H and O–H groups in total. The van der Waals surface area contributed by atoms with Crippen LogP contribution in [-0.2, 0) is 20.0 Å². The number of hydrogen-bond acceptors (Lipinski definition) is 6. The highest BCUT2D eigenvalue weighted by Crippen LogP contribution is 2.40. The summed E-state index contributed by atoms with van der Waals surface area (Å²) in [5, 5.41) is 0.918. The van der Waals surface area contributed by atoms with Crippen LogP contribution in [0.25, 0.3) is 21.8 Å². The van der Waals surface area contributed by atoms with Gasteiger partial charge in [0.25, 0.3) is 31.9 Å². The molecule has 298 valence electrons. The standard InChI is InChI=1S/C38H26Cl6N6O6S2/c1-18-2-4-19(5-3-18)36(24-16-45-32-8-6-20(10-22(24)32)37(51)47-49-57(53,54)34-14-28(41)26(39)12-30(34)43)25-17-46-33-9-7-21(11-23(25)33)38(52)48-50-58(55,56)35-15-29(42)27(40)13-31(35)44/h2-17,36,45-46,49-50H,1H3,(H,47,51)(H,48,52). The van der Waals surface area contributed by atoms with Crippen LogP contribution >= 0.6 is 69.6 Å². The fourth-order valence-corrected chi connectivity index (χ4v) is 9.92. The fourth-order valence-electron chi connectivity index (χ4n) is 6.23. The molecule has 2 aromatic heterocycles. The second-order valence-corrected chi connectivity index (χ2v) is 18.6. The van der Waals surface area contributed by atoms with Crippen molar-refractivity contribution in [1.82, 2.24) is 30.5 Å². The van der Waals surface area contributed by atoms with E-state index in [2.05, 4.69) is 20.8 Å². The summed E-state index contributed by atoms with van der Waals surface area (Å²) in [7, 11) is -8.72. The fraction of sp³-hybridized carbons (Fsp3) is 0.0526. The molecular formula is C38H26Cl6N6O6S2. The van der Waals surface area contributed by atoms with Crippen molar-refractivity contribution in [3.63, 3.8) is 0 Å². The lowest BCUT2D eigenvalue weighted by atomic mass is 9.84. The quantitative estimate of drug-likeness (QED) is 0.0555. The number of carbonyl (C=O) groups is 2. The maximum absolute atomic E-state index is 13.4. The van der Waals surface area contributed by atoms with E-state index in [1.54, 1.807) is 24.3 Å². The summed E-state index contributed by atoms with van der Waals surface area (Å²) < 4.78 is 52.1. The van der Waals surface area contributed by atoms with Crippen LogP contribution in [0.4, 0.5) is 0 Å². The van der Waals surface area contributed by atoms with Crippen LogP contribution < -0.4 is 20.5 Å². The molecule has 0 spiro atoms. The average molecular weight is 940 g/mol. The Morgan fingerprint density at radius 3 is 1.34 bits per heavy atom. The van der Waals surface area contributed by atoms with Crippen molar-refractivity contribution in [2.24, 2.45) is 0 Å². The maximum Gasteiger partial charge on any atom is 0.266 e. The minimum absolute atomic E-state index is 0.0458. The number of hydrazine groups is 2. The number of halogens is 6. The van der Waals surface area contributed by atoms with E-state index in [0.717, 1.165) is 34.4 Å². The van der Waals surface area contributed by atoms with Crippen molar-refractivity contribution in [3.8, 4) is 0 Å². The van der Waals surface area contributed by atoms with E-state index in [1.807, 2.05) is 53.2 Å². The number of hydrogen-bond donors (Lipinski definition) is 6. The van der Waals surface area contributed by atoms with Gasteiger partial charge in [0.05, 0.1) is 30.1 Å². The largest absolute Gasteiger partial charge is 0.361 e. The van der Waals surface area contributed by atoms with E-state index in [0.29, 0.717) is 21.8 Å². The third-order valence-corrected chi connectivity index (χ3v) is 14.0. The second kappa shape index (κ2) is 16.4. The molecule has 0 unspecified atom stereocenters. The van der Waals surface area contributed by atoms with Crippen LogP contribution in [0.1, 0.15) is 48.9 Å². The van der Waals surface area contributed by atoms with Gasteiger partial charge in [-0.3, -0.25) is 20.4 Å². The van der Waals surface area contributed by atoms with Crippen molar-refractivity contribution in [2.45, 2.75) is 22.6 Å². The zero-order valence-corrected chi connectivity index (χ0v) is 35.5. The Balaban J connectivity index is 1.21. The van der Waals surface area contributed by atoms with Crippen molar-refractivity contribution in [3.05, 3.63) is 161 Å². The van der Waals surface area contributed by atoms with Gasteiger partial charge in [-0.15, -0.1) is 9.66 Å². The number of aromatic nitrogens is 2. The number of carbonyl (C=O) groups excluding carboxylic acids is 2. The zero-order valence-electron chi connectivity index (χ0n) is 29.3. The predicted octanol–water partition coefficient (Wildman–Crippen LogP) is 9.30. The number of amides is 2. The molecule has 7 aromatic rings. The van der Waals surface area contributed by atoms with Gasteiger partial charge in [0.1, 0.15) is 9.79 Å². The molecule has 0 saturated carbocycles. The van der Waals surface area contributed by atoms with Gasteiger partial charge in [0.15, 0.2) is 0 Å². The molecule has 0 saturated heterocycles. The Morgan fingerprint density at radius 1 is 0.534 bits per heavy atom. The number of H-pyrrole nitrogens is 2. The van der Waals surface area contributed by atoms with Crippen LogP contribution in [0, 0.1) is 6.92 Å². The van der Waals surface area contributed by atoms with Crippen molar-refractivity contribution < 1.29 is 26.4 Å². The molecule has 0 radical (unpaired) electrons. The molecule has 2 heterocycles. The van der Waals surface area contributed by atoms with E-state index in [9.17, 15) is 26.4 Å². The third-order valence-electron chi connectivity index (χ3n) is 9.11. The molecule has 12 nitrogen and oxygen atoms in total. The summed E-state index contributed by atoms with van der Waals surface area (Å²) in [6, 6.07) is 22.0. The summed E-state index contributed by atoms with van der Waals surface area (Å²) in [5.41, 5.74) is 9.45. The number of nitrogens with one attached hydrogen (secondary N) is 6. The Labute approximate surface area is 361 Å². The maximum atomic E-state index is 13.4.